The molecule has 0 bridgehead atoms. The van der Waals surface area contributed by atoms with Gasteiger partial charge in [0.1, 0.15) is 12.4 Å². The standard InChI is InChI=1S/C21H30N4O3S.HI/c1-17(2)25-29(26,27)16-19-10-8-7-9-18(19)15-24-21(22-3)23-13-14-28-20-11-5-4-6-12-20;/h4-12,17,25H,13-16H2,1-3H3,(H2,22,23,24);1H. The molecule has 9 heteroatoms. The second-order valence-electron chi connectivity index (χ2n) is 6.81. The number of rotatable bonds is 10. The van der Waals surface area contributed by atoms with Gasteiger partial charge < -0.3 is 15.4 Å². The second kappa shape index (κ2) is 13.5. The van der Waals surface area contributed by atoms with Crippen molar-refractivity contribution in [1.82, 2.24) is 15.4 Å². The maximum Gasteiger partial charge on any atom is 0.216 e. The smallest absolute Gasteiger partial charge is 0.216 e. The number of hydrogen-bond acceptors (Lipinski definition) is 4. The molecule has 2 rings (SSSR count). The first-order chi connectivity index (χ1) is 13.9. The lowest BCUT2D eigenvalue weighted by molar-refractivity contribution is 0.322. The van der Waals surface area contributed by atoms with E-state index in [-0.39, 0.29) is 35.8 Å². The normalized spacial score (nSPS) is 11.7. The van der Waals surface area contributed by atoms with E-state index in [9.17, 15) is 8.42 Å². The number of halogens is 1. The molecule has 0 aliphatic heterocycles. The highest BCUT2D eigenvalue weighted by Crippen LogP contribution is 2.12. The molecule has 30 heavy (non-hydrogen) atoms. The summed E-state index contributed by atoms with van der Waals surface area (Å²) in [4.78, 5) is 4.20. The lowest BCUT2D eigenvalue weighted by Gasteiger charge is -2.15. The fraction of sp³-hybridized carbons (Fsp3) is 0.381. The third-order valence-corrected chi connectivity index (χ3v) is 5.48. The first-order valence-electron chi connectivity index (χ1n) is 9.59. The molecule has 0 atom stereocenters. The molecule has 7 nitrogen and oxygen atoms in total. The number of para-hydroxylation sites is 1. The van der Waals surface area contributed by atoms with Crippen LogP contribution in [0.25, 0.3) is 0 Å². The van der Waals surface area contributed by atoms with Gasteiger partial charge in [0.05, 0.1) is 12.3 Å². The number of nitrogens with one attached hydrogen (secondary N) is 3. The van der Waals surface area contributed by atoms with E-state index >= 15 is 0 Å². The van der Waals surface area contributed by atoms with Crippen LogP contribution in [-0.4, -0.2) is 40.6 Å². The van der Waals surface area contributed by atoms with Gasteiger partial charge >= 0.3 is 0 Å². The fourth-order valence-electron chi connectivity index (χ4n) is 2.73. The summed E-state index contributed by atoms with van der Waals surface area (Å²) in [6.07, 6.45) is 0. The Balaban J connectivity index is 0.00000450. The molecule has 2 aromatic carbocycles. The summed E-state index contributed by atoms with van der Waals surface area (Å²) in [6.45, 7) is 5.17. The minimum Gasteiger partial charge on any atom is -0.492 e. The monoisotopic (exact) mass is 546 g/mol. The van der Waals surface area contributed by atoms with Crippen LogP contribution in [-0.2, 0) is 22.3 Å². The van der Waals surface area contributed by atoms with Crippen LogP contribution >= 0.6 is 24.0 Å². The Morgan fingerprint density at radius 2 is 1.63 bits per heavy atom. The predicted octanol–water partition coefficient (Wildman–Crippen LogP) is 2.88. The van der Waals surface area contributed by atoms with Crippen LogP contribution in [0.4, 0.5) is 0 Å². The highest BCUT2D eigenvalue weighted by Gasteiger charge is 2.15. The summed E-state index contributed by atoms with van der Waals surface area (Å²) in [5.74, 6) is 1.39. The van der Waals surface area contributed by atoms with E-state index in [2.05, 4.69) is 20.3 Å². The summed E-state index contributed by atoms with van der Waals surface area (Å²) < 4.78 is 32.8. The Morgan fingerprint density at radius 1 is 1.00 bits per heavy atom. The summed E-state index contributed by atoms with van der Waals surface area (Å²) in [5, 5.41) is 6.41. The molecule has 0 spiro atoms. The van der Waals surface area contributed by atoms with Crippen molar-refractivity contribution in [3.63, 3.8) is 0 Å². The lowest BCUT2D eigenvalue weighted by Crippen LogP contribution is -2.39. The number of hydrogen-bond donors (Lipinski definition) is 3. The maximum atomic E-state index is 12.3. The van der Waals surface area contributed by atoms with Gasteiger partial charge in [-0.05, 0) is 37.1 Å². The average Bonchev–Trinajstić information content (AvgIpc) is 2.68. The Labute approximate surface area is 196 Å². The average molecular weight is 546 g/mol. The van der Waals surface area contributed by atoms with E-state index in [1.807, 2.05) is 68.4 Å². The molecule has 0 saturated heterocycles. The summed E-state index contributed by atoms with van der Waals surface area (Å²) in [5.41, 5.74) is 1.67. The summed E-state index contributed by atoms with van der Waals surface area (Å²) in [6, 6.07) is 17.0. The number of ether oxygens (including phenoxy) is 1. The predicted molar refractivity (Wildman–Crippen MR) is 133 cm³/mol. The largest absolute Gasteiger partial charge is 0.492 e. The van der Waals surface area contributed by atoms with E-state index in [1.54, 1.807) is 7.05 Å². The molecule has 0 heterocycles. The van der Waals surface area contributed by atoms with Crippen molar-refractivity contribution in [2.75, 3.05) is 20.2 Å². The van der Waals surface area contributed by atoms with E-state index in [1.165, 1.54) is 0 Å². The molecule has 0 fully saturated rings. The highest BCUT2D eigenvalue weighted by atomic mass is 127. The van der Waals surface area contributed by atoms with E-state index in [0.717, 1.165) is 16.9 Å². The molecule has 0 aliphatic carbocycles. The highest BCUT2D eigenvalue weighted by molar-refractivity contribution is 14.0. The number of benzene rings is 2. The van der Waals surface area contributed by atoms with Gasteiger partial charge in [0.15, 0.2) is 5.96 Å². The topological polar surface area (TPSA) is 91.8 Å². The zero-order valence-electron chi connectivity index (χ0n) is 17.6. The summed E-state index contributed by atoms with van der Waals surface area (Å²) in [7, 11) is -1.69. The molecule has 0 aromatic heterocycles. The van der Waals surface area contributed by atoms with Crippen molar-refractivity contribution < 1.29 is 13.2 Å². The van der Waals surface area contributed by atoms with Gasteiger partial charge in [0.2, 0.25) is 10.0 Å². The van der Waals surface area contributed by atoms with Gasteiger partial charge in [0.25, 0.3) is 0 Å². The Kier molecular flexibility index (Phi) is 11.7. The second-order valence-corrected chi connectivity index (χ2v) is 8.57. The zero-order valence-corrected chi connectivity index (χ0v) is 20.7. The molecule has 0 unspecified atom stereocenters. The van der Waals surface area contributed by atoms with Crippen LogP contribution in [0.15, 0.2) is 59.6 Å². The minimum atomic E-state index is -3.38. The molecular weight excluding hydrogens is 515 g/mol. The molecule has 166 valence electrons. The molecule has 0 aliphatic rings. The van der Waals surface area contributed by atoms with Crippen LogP contribution in [0.1, 0.15) is 25.0 Å². The molecular formula is C21H31IN4O3S. The molecule has 3 N–H and O–H groups in total. The Morgan fingerprint density at radius 3 is 2.27 bits per heavy atom. The number of nitrogens with zero attached hydrogens (tertiary/aromatic N) is 1. The number of guanidine groups is 1. The van der Waals surface area contributed by atoms with Gasteiger partial charge in [-0.2, -0.15) is 0 Å². The van der Waals surface area contributed by atoms with Crippen LogP contribution in [0.3, 0.4) is 0 Å². The molecule has 0 amide bonds. The van der Waals surface area contributed by atoms with Crippen molar-refractivity contribution >= 4 is 40.0 Å². The SMILES string of the molecule is CN=C(NCCOc1ccccc1)NCc1ccccc1CS(=O)(=O)NC(C)C.I. The van der Waals surface area contributed by atoms with E-state index < -0.39 is 10.0 Å². The Hall–Kier alpha value is -1.85. The van der Waals surface area contributed by atoms with Crippen LogP contribution < -0.4 is 20.1 Å². The quantitative estimate of drug-likeness (QED) is 0.185. The minimum absolute atomic E-state index is 0. The van der Waals surface area contributed by atoms with Gasteiger partial charge in [-0.15, -0.1) is 24.0 Å². The Bertz CT molecular complexity index is 890. The molecule has 2 aromatic rings. The van der Waals surface area contributed by atoms with Gasteiger partial charge in [-0.25, -0.2) is 13.1 Å². The van der Waals surface area contributed by atoms with Crippen molar-refractivity contribution in [3.05, 3.63) is 65.7 Å². The van der Waals surface area contributed by atoms with Crippen molar-refractivity contribution in [2.24, 2.45) is 4.99 Å². The number of sulfonamides is 1. The first-order valence-corrected chi connectivity index (χ1v) is 11.2. The van der Waals surface area contributed by atoms with E-state index in [4.69, 9.17) is 4.74 Å². The van der Waals surface area contributed by atoms with Crippen molar-refractivity contribution in [2.45, 2.75) is 32.2 Å². The first kappa shape index (κ1) is 26.2. The van der Waals surface area contributed by atoms with Gasteiger partial charge in [-0.3, -0.25) is 4.99 Å². The molecule has 0 saturated carbocycles. The fourth-order valence-corrected chi connectivity index (χ4v) is 4.22. The van der Waals surface area contributed by atoms with Crippen molar-refractivity contribution in [1.29, 1.82) is 0 Å². The third kappa shape index (κ3) is 9.77. The van der Waals surface area contributed by atoms with Crippen LogP contribution in [0.5, 0.6) is 5.75 Å². The van der Waals surface area contributed by atoms with Crippen LogP contribution in [0.2, 0.25) is 0 Å². The maximum absolute atomic E-state index is 12.3. The van der Waals surface area contributed by atoms with E-state index in [0.29, 0.717) is 25.7 Å². The van der Waals surface area contributed by atoms with Crippen LogP contribution in [0, 0.1) is 0 Å². The molecule has 0 radical (unpaired) electrons. The van der Waals surface area contributed by atoms with Gasteiger partial charge in [0, 0.05) is 19.6 Å². The summed E-state index contributed by atoms with van der Waals surface area (Å²) >= 11 is 0. The zero-order chi connectivity index (χ0) is 21.1. The van der Waals surface area contributed by atoms with Gasteiger partial charge in [-0.1, -0.05) is 42.5 Å². The van der Waals surface area contributed by atoms with Crippen molar-refractivity contribution in [3.8, 4) is 5.75 Å². The third-order valence-electron chi connectivity index (χ3n) is 3.96. The number of aliphatic imine (C=N–C) groups is 1. The lowest BCUT2D eigenvalue weighted by atomic mass is 10.1.